The van der Waals surface area contributed by atoms with Gasteiger partial charge in [0.1, 0.15) is 5.75 Å². The Bertz CT molecular complexity index is 483. The predicted octanol–water partition coefficient (Wildman–Crippen LogP) is 2.66. The minimum atomic E-state index is 0. The first-order valence-corrected chi connectivity index (χ1v) is 7.32. The maximum absolute atomic E-state index is 12.2. The van der Waals surface area contributed by atoms with Gasteiger partial charge >= 0.3 is 0 Å². The summed E-state index contributed by atoms with van der Waals surface area (Å²) in [6, 6.07) is 5.80. The summed E-state index contributed by atoms with van der Waals surface area (Å²) in [5.41, 5.74) is 0.942. The Hall–Kier alpha value is -0.970. The van der Waals surface area contributed by atoms with Gasteiger partial charge in [-0.1, -0.05) is 11.6 Å². The molecule has 1 heterocycles. The van der Waals surface area contributed by atoms with E-state index in [0.29, 0.717) is 16.8 Å². The van der Waals surface area contributed by atoms with Crippen LogP contribution in [0.4, 0.5) is 0 Å². The highest BCUT2D eigenvalue weighted by atomic mass is 35.5. The summed E-state index contributed by atoms with van der Waals surface area (Å²) >= 11 is 5.90. The zero-order chi connectivity index (χ0) is 14.5. The molecule has 1 atom stereocenters. The van der Waals surface area contributed by atoms with Crippen molar-refractivity contribution in [1.29, 1.82) is 0 Å². The number of carbonyl (C=O) groups excluding carboxylic acids is 1. The Labute approximate surface area is 137 Å². The highest BCUT2D eigenvalue weighted by Crippen LogP contribution is 2.22. The third-order valence-electron chi connectivity index (χ3n) is 3.67. The van der Waals surface area contributed by atoms with Crippen molar-refractivity contribution in [2.45, 2.75) is 25.8 Å². The third-order valence-corrected chi connectivity index (χ3v) is 3.91. The van der Waals surface area contributed by atoms with E-state index in [1.54, 1.807) is 12.1 Å². The molecule has 0 saturated carbocycles. The van der Waals surface area contributed by atoms with E-state index in [2.05, 4.69) is 5.32 Å². The molecule has 6 heteroatoms. The molecule has 1 N–H and O–H groups in total. The molecule has 21 heavy (non-hydrogen) atoms. The van der Waals surface area contributed by atoms with Crippen LogP contribution in [0.3, 0.4) is 0 Å². The van der Waals surface area contributed by atoms with Crippen LogP contribution in [0, 0.1) is 6.92 Å². The van der Waals surface area contributed by atoms with E-state index in [-0.39, 0.29) is 24.9 Å². The van der Waals surface area contributed by atoms with E-state index in [4.69, 9.17) is 16.3 Å². The highest BCUT2D eigenvalue weighted by molar-refractivity contribution is 6.30. The van der Waals surface area contributed by atoms with Gasteiger partial charge in [-0.15, -0.1) is 12.4 Å². The maximum Gasteiger partial charge on any atom is 0.260 e. The van der Waals surface area contributed by atoms with Crippen LogP contribution in [0.5, 0.6) is 5.75 Å². The lowest BCUT2D eigenvalue weighted by molar-refractivity contribution is -0.134. The van der Waals surface area contributed by atoms with Crippen molar-refractivity contribution < 1.29 is 9.53 Å². The molecule has 1 fully saturated rings. The number of aryl methyl sites for hydroxylation is 1. The van der Waals surface area contributed by atoms with E-state index in [1.807, 2.05) is 24.9 Å². The van der Waals surface area contributed by atoms with E-state index in [9.17, 15) is 4.79 Å². The standard InChI is InChI=1S/C15H21ClN2O2.ClH/c1-11-8-12(16)5-6-14(11)20-10-15(19)18-7-3-4-13(9-18)17-2;/h5-6,8,13,17H,3-4,7,9-10H2,1-2H3;1H. The van der Waals surface area contributed by atoms with Gasteiger partial charge in [0.2, 0.25) is 0 Å². The Balaban J connectivity index is 0.00000220. The minimum Gasteiger partial charge on any atom is -0.483 e. The zero-order valence-corrected chi connectivity index (χ0v) is 14.0. The summed E-state index contributed by atoms with van der Waals surface area (Å²) in [4.78, 5) is 14.0. The maximum atomic E-state index is 12.2. The molecule has 0 bridgehead atoms. The molecule has 0 spiro atoms. The van der Waals surface area contributed by atoms with Crippen LogP contribution in [-0.2, 0) is 4.79 Å². The quantitative estimate of drug-likeness (QED) is 0.921. The second kappa shape index (κ2) is 8.47. The number of amides is 1. The second-order valence-corrected chi connectivity index (χ2v) is 5.60. The topological polar surface area (TPSA) is 41.6 Å². The van der Waals surface area contributed by atoms with Crippen molar-refractivity contribution in [2.24, 2.45) is 0 Å². The molecule has 4 nitrogen and oxygen atoms in total. The Kier molecular flexibility index (Phi) is 7.29. The zero-order valence-electron chi connectivity index (χ0n) is 12.4. The molecule has 1 amide bonds. The molecule has 0 radical (unpaired) electrons. The van der Waals surface area contributed by atoms with Crippen molar-refractivity contribution in [3.8, 4) is 5.75 Å². The van der Waals surface area contributed by atoms with Crippen molar-refractivity contribution >= 4 is 29.9 Å². The van der Waals surface area contributed by atoms with Crippen molar-refractivity contribution in [2.75, 3.05) is 26.7 Å². The number of piperidine rings is 1. The summed E-state index contributed by atoms with van der Waals surface area (Å²) in [6.07, 6.45) is 2.16. The predicted molar refractivity (Wildman–Crippen MR) is 87.6 cm³/mol. The summed E-state index contributed by atoms with van der Waals surface area (Å²) in [5, 5.41) is 3.90. The number of nitrogens with one attached hydrogen (secondary N) is 1. The number of likely N-dealkylation sites (N-methyl/N-ethyl adjacent to an activating group) is 1. The van der Waals surface area contributed by atoms with E-state index in [0.717, 1.165) is 31.5 Å². The van der Waals surface area contributed by atoms with Crippen LogP contribution in [0.15, 0.2) is 18.2 Å². The normalized spacial score (nSPS) is 18.0. The van der Waals surface area contributed by atoms with Gasteiger partial charge in [0.25, 0.3) is 5.91 Å². The lowest BCUT2D eigenvalue weighted by Crippen LogP contribution is -2.48. The average Bonchev–Trinajstić information content (AvgIpc) is 2.46. The van der Waals surface area contributed by atoms with Crippen LogP contribution in [0.1, 0.15) is 18.4 Å². The molecular formula is C15H22Cl2N2O2. The Morgan fingerprint density at radius 2 is 2.29 bits per heavy atom. The summed E-state index contributed by atoms with van der Waals surface area (Å²) in [5.74, 6) is 0.754. The number of hydrogen-bond acceptors (Lipinski definition) is 3. The molecule has 0 aromatic heterocycles. The molecular weight excluding hydrogens is 311 g/mol. The Morgan fingerprint density at radius 3 is 2.95 bits per heavy atom. The summed E-state index contributed by atoms with van der Waals surface area (Å²) < 4.78 is 5.61. The fraction of sp³-hybridized carbons (Fsp3) is 0.533. The van der Waals surface area contributed by atoms with Crippen LogP contribution < -0.4 is 10.1 Å². The molecule has 1 aliphatic heterocycles. The van der Waals surface area contributed by atoms with Gasteiger partial charge < -0.3 is 15.0 Å². The lowest BCUT2D eigenvalue weighted by atomic mass is 10.1. The Morgan fingerprint density at radius 1 is 1.52 bits per heavy atom. The first-order valence-electron chi connectivity index (χ1n) is 6.94. The van der Waals surface area contributed by atoms with Crippen molar-refractivity contribution in [1.82, 2.24) is 10.2 Å². The van der Waals surface area contributed by atoms with Gasteiger partial charge in [0, 0.05) is 24.2 Å². The van der Waals surface area contributed by atoms with Gasteiger partial charge in [0.15, 0.2) is 6.61 Å². The summed E-state index contributed by atoms with van der Waals surface area (Å²) in [7, 11) is 1.94. The van der Waals surface area contributed by atoms with Crippen LogP contribution in [-0.4, -0.2) is 43.6 Å². The molecule has 118 valence electrons. The number of nitrogens with zero attached hydrogens (tertiary/aromatic N) is 1. The van der Waals surface area contributed by atoms with Crippen LogP contribution in [0.2, 0.25) is 5.02 Å². The minimum absolute atomic E-state index is 0. The van der Waals surface area contributed by atoms with Gasteiger partial charge in [-0.2, -0.15) is 0 Å². The van der Waals surface area contributed by atoms with E-state index in [1.165, 1.54) is 0 Å². The number of ether oxygens (including phenoxy) is 1. The van der Waals surface area contributed by atoms with Crippen molar-refractivity contribution in [3.63, 3.8) is 0 Å². The number of hydrogen-bond donors (Lipinski definition) is 1. The smallest absolute Gasteiger partial charge is 0.260 e. The number of likely N-dealkylation sites (tertiary alicyclic amines) is 1. The van der Waals surface area contributed by atoms with E-state index >= 15 is 0 Å². The third kappa shape index (κ3) is 5.06. The number of rotatable bonds is 4. The van der Waals surface area contributed by atoms with Gasteiger partial charge in [0.05, 0.1) is 0 Å². The van der Waals surface area contributed by atoms with Gasteiger partial charge in [-0.25, -0.2) is 0 Å². The molecule has 1 aromatic carbocycles. The molecule has 1 unspecified atom stereocenters. The number of benzene rings is 1. The SMILES string of the molecule is CNC1CCCN(C(=O)COc2ccc(Cl)cc2C)C1.Cl. The first kappa shape index (κ1) is 18.1. The first-order chi connectivity index (χ1) is 9.60. The highest BCUT2D eigenvalue weighted by Gasteiger charge is 2.22. The fourth-order valence-corrected chi connectivity index (χ4v) is 2.67. The van der Waals surface area contributed by atoms with Crippen LogP contribution in [0.25, 0.3) is 0 Å². The van der Waals surface area contributed by atoms with Gasteiger partial charge in [-0.05, 0) is 50.6 Å². The second-order valence-electron chi connectivity index (χ2n) is 5.17. The monoisotopic (exact) mass is 332 g/mol. The van der Waals surface area contributed by atoms with Crippen LogP contribution >= 0.6 is 24.0 Å². The van der Waals surface area contributed by atoms with Gasteiger partial charge in [-0.3, -0.25) is 4.79 Å². The lowest BCUT2D eigenvalue weighted by Gasteiger charge is -2.32. The van der Waals surface area contributed by atoms with E-state index < -0.39 is 0 Å². The largest absolute Gasteiger partial charge is 0.483 e. The fourth-order valence-electron chi connectivity index (χ4n) is 2.44. The molecule has 2 rings (SSSR count). The molecule has 1 saturated heterocycles. The van der Waals surface area contributed by atoms with Crippen molar-refractivity contribution in [3.05, 3.63) is 28.8 Å². The molecule has 1 aromatic rings. The molecule has 1 aliphatic rings. The molecule has 0 aliphatic carbocycles. The number of carbonyl (C=O) groups is 1. The summed E-state index contributed by atoms with van der Waals surface area (Å²) in [6.45, 7) is 3.58. The average molecular weight is 333 g/mol. The number of halogens is 2.